The number of nitrogens with one attached hydrogen (secondary N) is 1. The Morgan fingerprint density at radius 2 is 1.84 bits per heavy atom. The van der Waals surface area contributed by atoms with Crippen molar-refractivity contribution in [2.75, 3.05) is 27.3 Å². The van der Waals surface area contributed by atoms with Crippen LogP contribution in [0.25, 0.3) is 22.3 Å². The van der Waals surface area contributed by atoms with Crippen molar-refractivity contribution < 1.29 is 28.6 Å². The maximum absolute atomic E-state index is 14.2. The van der Waals surface area contributed by atoms with Gasteiger partial charge in [-0.05, 0) is 77.3 Å². The lowest BCUT2D eigenvalue weighted by Crippen LogP contribution is -2.50. The molecule has 0 radical (unpaired) electrons. The van der Waals surface area contributed by atoms with Gasteiger partial charge in [0, 0.05) is 47.8 Å². The number of hydrogen-bond donors (Lipinski definition) is 1. The van der Waals surface area contributed by atoms with Crippen molar-refractivity contribution in [2.24, 2.45) is 17.8 Å². The van der Waals surface area contributed by atoms with E-state index in [-0.39, 0.29) is 24.3 Å². The van der Waals surface area contributed by atoms with E-state index in [1.807, 2.05) is 38.2 Å². The van der Waals surface area contributed by atoms with Crippen LogP contribution in [0, 0.1) is 24.7 Å². The van der Waals surface area contributed by atoms with Gasteiger partial charge in [0.2, 0.25) is 11.8 Å². The summed E-state index contributed by atoms with van der Waals surface area (Å²) in [7, 11) is 3.47. The fourth-order valence-corrected chi connectivity index (χ4v) is 9.37. The highest BCUT2D eigenvalue weighted by Gasteiger charge is 2.62. The highest BCUT2D eigenvalue weighted by Crippen LogP contribution is 2.47. The summed E-state index contributed by atoms with van der Waals surface area (Å²) in [4.78, 5) is 53.3. The molecule has 10 nitrogen and oxygen atoms in total. The van der Waals surface area contributed by atoms with Gasteiger partial charge in [-0.2, -0.15) is 0 Å². The fraction of sp³-hybridized carbons (Fsp3) is 0.575. The highest BCUT2D eigenvalue weighted by atomic mass is 32.1. The van der Waals surface area contributed by atoms with Gasteiger partial charge >= 0.3 is 5.97 Å². The predicted molar refractivity (Wildman–Crippen MR) is 197 cm³/mol. The van der Waals surface area contributed by atoms with E-state index >= 15 is 0 Å². The molecule has 11 heteroatoms. The summed E-state index contributed by atoms with van der Waals surface area (Å²) in [5, 5.41) is 7.17. The molecule has 1 N–H and O–H groups in total. The third kappa shape index (κ3) is 7.10. The molecule has 3 aliphatic carbocycles. The summed E-state index contributed by atoms with van der Waals surface area (Å²) in [5.41, 5.74) is 2.12. The summed E-state index contributed by atoms with van der Waals surface area (Å²) in [6.07, 6.45) is 13.7. The number of pyridine rings is 1. The number of ether oxygens (including phenoxy) is 3. The van der Waals surface area contributed by atoms with Gasteiger partial charge in [-0.3, -0.25) is 9.59 Å². The zero-order valence-corrected chi connectivity index (χ0v) is 31.1. The number of esters is 1. The van der Waals surface area contributed by atoms with Crippen molar-refractivity contribution in [1.29, 1.82) is 0 Å². The molecule has 5 atom stereocenters. The number of aromatic nitrogens is 2. The molecule has 1 aromatic carbocycles. The molecule has 3 heterocycles. The van der Waals surface area contributed by atoms with E-state index in [9.17, 15) is 14.4 Å². The second-order valence-corrected chi connectivity index (χ2v) is 15.7. The lowest BCUT2D eigenvalue weighted by atomic mass is 9.90. The fourth-order valence-electron chi connectivity index (χ4n) is 8.39. The van der Waals surface area contributed by atoms with Crippen LogP contribution in [0.4, 0.5) is 0 Å². The lowest BCUT2D eigenvalue weighted by molar-refractivity contribution is -0.150. The smallest absolute Gasteiger partial charge is 0.332 e. The number of amides is 2. The number of carbonyl (C=O) groups is 3. The number of carbonyl (C=O) groups excluding carboxylic acids is 3. The normalized spacial score (nSPS) is 27.3. The number of methoxy groups -OCH3 is 1. The number of thiazole rings is 1. The number of allylic oxidation sites excluding steroid dienone is 1. The molecule has 7 rings (SSSR count). The Bertz CT molecular complexity index is 1820. The number of rotatable bonds is 7. The first-order chi connectivity index (χ1) is 24.7. The van der Waals surface area contributed by atoms with E-state index in [0.29, 0.717) is 37.5 Å². The van der Waals surface area contributed by atoms with Gasteiger partial charge in [0.15, 0.2) is 0 Å². The zero-order valence-electron chi connectivity index (χ0n) is 30.2. The summed E-state index contributed by atoms with van der Waals surface area (Å²) in [6.45, 7) is 4.61. The maximum atomic E-state index is 14.2. The van der Waals surface area contributed by atoms with Crippen LogP contribution in [0.1, 0.15) is 94.0 Å². The van der Waals surface area contributed by atoms with Crippen LogP contribution in [-0.2, 0) is 19.1 Å². The lowest BCUT2D eigenvalue weighted by Gasteiger charge is -2.26. The molecule has 3 aromatic rings. The van der Waals surface area contributed by atoms with Crippen LogP contribution in [-0.4, -0.2) is 71.6 Å². The van der Waals surface area contributed by atoms with Gasteiger partial charge in [0.1, 0.15) is 23.1 Å². The van der Waals surface area contributed by atoms with E-state index in [1.54, 1.807) is 30.3 Å². The van der Waals surface area contributed by atoms with Crippen LogP contribution in [0.3, 0.4) is 0 Å². The molecular formula is C40H50N4O6S. The van der Waals surface area contributed by atoms with Crippen molar-refractivity contribution in [3.8, 4) is 22.9 Å². The Hall–Kier alpha value is -3.99. The molecule has 0 saturated heterocycles. The van der Waals surface area contributed by atoms with Gasteiger partial charge < -0.3 is 24.4 Å². The molecule has 4 aliphatic rings. The zero-order chi connectivity index (χ0) is 35.7. The van der Waals surface area contributed by atoms with Crippen LogP contribution >= 0.6 is 11.3 Å². The van der Waals surface area contributed by atoms with Crippen molar-refractivity contribution in [3.05, 3.63) is 46.3 Å². The Kier molecular flexibility index (Phi) is 10.4. The van der Waals surface area contributed by atoms with Crippen LogP contribution < -0.4 is 14.8 Å². The summed E-state index contributed by atoms with van der Waals surface area (Å²) >= 11 is 1.70. The Labute approximate surface area is 304 Å². The third-order valence-electron chi connectivity index (χ3n) is 11.4. The molecule has 3 saturated carbocycles. The number of benzene rings is 1. The van der Waals surface area contributed by atoms with Gasteiger partial charge in [-0.25, -0.2) is 14.8 Å². The minimum Gasteiger partial charge on any atom is -0.496 e. The van der Waals surface area contributed by atoms with Gasteiger partial charge in [0.25, 0.3) is 0 Å². The summed E-state index contributed by atoms with van der Waals surface area (Å²) < 4.78 is 18.0. The van der Waals surface area contributed by atoms with Crippen molar-refractivity contribution in [3.63, 3.8) is 0 Å². The van der Waals surface area contributed by atoms with E-state index in [1.165, 1.54) is 32.1 Å². The summed E-state index contributed by atoms with van der Waals surface area (Å²) in [6, 6.07) is 5.84. The second-order valence-electron chi connectivity index (χ2n) is 14.8. The third-order valence-corrected chi connectivity index (χ3v) is 12.4. The van der Waals surface area contributed by atoms with E-state index in [0.717, 1.165) is 57.9 Å². The maximum Gasteiger partial charge on any atom is 0.332 e. The minimum atomic E-state index is -1.09. The Balaban J connectivity index is 1.21. The van der Waals surface area contributed by atoms with Crippen LogP contribution in [0.5, 0.6) is 11.5 Å². The molecular weight excluding hydrogens is 665 g/mol. The molecule has 3 fully saturated rings. The molecule has 5 unspecified atom stereocenters. The molecule has 1 aliphatic heterocycles. The van der Waals surface area contributed by atoms with Crippen molar-refractivity contribution >= 4 is 40.0 Å². The molecule has 51 heavy (non-hydrogen) atoms. The van der Waals surface area contributed by atoms with Gasteiger partial charge in [-0.15, -0.1) is 11.3 Å². The highest BCUT2D eigenvalue weighted by molar-refractivity contribution is 7.10. The predicted octanol–water partition coefficient (Wildman–Crippen LogP) is 7.13. The average Bonchev–Trinajstić information content (AvgIpc) is 3.43. The monoisotopic (exact) mass is 714 g/mol. The minimum absolute atomic E-state index is 0.0649. The quantitative estimate of drug-likeness (QED) is 0.203. The Morgan fingerprint density at radius 1 is 1.04 bits per heavy atom. The van der Waals surface area contributed by atoms with E-state index in [2.05, 4.69) is 16.8 Å². The molecule has 0 bridgehead atoms. The number of hydrogen-bond acceptors (Lipinski definition) is 9. The number of aryl methyl sites for hydroxylation is 1. The first kappa shape index (κ1) is 35.4. The molecule has 0 spiro atoms. The first-order valence-corrected chi connectivity index (χ1v) is 19.6. The van der Waals surface area contributed by atoms with Crippen molar-refractivity contribution in [1.82, 2.24) is 20.2 Å². The van der Waals surface area contributed by atoms with Crippen LogP contribution in [0.2, 0.25) is 0 Å². The SMILES string of the molecule is CCOC(=O)C12CC1C=CCCCCN(C)C(=O)C1CC(Oc3cc(-c4csc(C5CCCCC5)n4)nc4c(C)c(OC)ccc34)CC1C(=O)N2. The molecule has 2 amide bonds. The topological polar surface area (TPSA) is 120 Å². The van der Waals surface area contributed by atoms with E-state index in [4.69, 9.17) is 24.2 Å². The standard InChI is InChI=1S/C40H50N4O6S/c1-5-49-39(47)40-22-26(40)15-11-6-7-12-18-44(3)38(46)30-20-27(19-29(30)36(45)43-40)50-34-21-31(41-35-24(2)33(48-4)17-16-28(34)35)32-23-51-37(42-32)25-13-9-8-10-14-25/h11,15-17,21,23,25-27,29-30H,5-10,12-14,18-20,22H2,1-4H3,(H,43,45). The van der Waals surface area contributed by atoms with Gasteiger partial charge in [0.05, 0.1) is 47.5 Å². The first-order valence-electron chi connectivity index (χ1n) is 18.7. The number of nitrogens with zero attached hydrogens (tertiary/aromatic N) is 3. The number of fused-ring (bicyclic) bond motifs is 3. The average molecular weight is 715 g/mol. The Morgan fingerprint density at radius 3 is 2.63 bits per heavy atom. The van der Waals surface area contributed by atoms with Crippen molar-refractivity contribution in [2.45, 2.75) is 102 Å². The largest absolute Gasteiger partial charge is 0.496 e. The van der Waals surface area contributed by atoms with Gasteiger partial charge in [-0.1, -0.05) is 31.4 Å². The summed E-state index contributed by atoms with van der Waals surface area (Å²) in [5.74, 6) is -0.277. The molecule has 272 valence electrons. The second kappa shape index (κ2) is 14.9. The van der Waals surface area contributed by atoms with E-state index < -0.39 is 29.4 Å². The molecule has 2 aromatic heterocycles. The van der Waals surface area contributed by atoms with Crippen LogP contribution in [0.15, 0.2) is 35.7 Å².